The number of carbonyl (C=O) groups is 3. The Labute approximate surface area is 406 Å². The molecule has 0 unspecified atom stereocenters. The van der Waals surface area contributed by atoms with Crippen molar-refractivity contribution in [3.05, 3.63) is 215 Å². The van der Waals surface area contributed by atoms with Gasteiger partial charge in [0.25, 0.3) is 11.8 Å². The summed E-state index contributed by atoms with van der Waals surface area (Å²) in [6.07, 6.45) is 9.99. The third-order valence-corrected chi connectivity index (χ3v) is 13.1. The van der Waals surface area contributed by atoms with Crippen molar-refractivity contribution in [3.63, 3.8) is 0 Å². The van der Waals surface area contributed by atoms with Gasteiger partial charge in [0.15, 0.2) is 5.91 Å². The fraction of sp³-hybridized carbons (Fsp3) is 0.328. The summed E-state index contributed by atoms with van der Waals surface area (Å²) < 4.78 is 0. The predicted octanol–water partition coefficient (Wildman–Crippen LogP) is 8.86. The van der Waals surface area contributed by atoms with Crippen LogP contribution in [0.2, 0.25) is 0 Å². The Bertz CT molecular complexity index is 2210. The minimum absolute atomic E-state index is 0. The predicted molar refractivity (Wildman–Crippen MR) is 264 cm³/mol. The Morgan fingerprint density at radius 3 is 1.20 bits per heavy atom. The summed E-state index contributed by atoms with van der Waals surface area (Å²) >= 11 is 0. The summed E-state index contributed by atoms with van der Waals surface area (Å²) in [7, 11) is 0. The fourth-order valence-electron chi connectivity index (χ4n) is 9.31. The van der Waals surface area contributed by atoms with Crippen molar-refractivity contribution in [2.75, 3.05) is 39.3 Å². The van der Waals surface area contributed by atoms with E-state index in [1.54, 1.807) is 6.07 Å². The first kappa shape index (κ1) is 51.2. The largest absolute Gasteiger partial charge is 1.00 e. The van der Waals surface area contributed by atoms with Gasteiger partial charge in [-0.1, -0.05) is 133 Å². The molecule has 3 aliphatic heterocycles. The summed E-state index contributed by atoms with van der Waals surface area (Å²) in [6.45, 7) is 7.25. The maximum absolute atomic E-state index is 12.6. The first-order valence-electron chi connectivity index (χ1n) is 23.5. The van der Waals surface area contributed by atoms with Crippen LogP contribution in [0.15, 0.2) is 170 Å². The van der Waals surface area contributed by atoms with Crippen LogP contribution in [0.4, 0.5) is 4.70 Å². The average Bonchev–Trinajstić information content (AvgIpc) is 3.36. The molecule has 0 aromatic heterocycles. The molecule has 0 N–H and O–H groups in total. The van der Waals surface area contributed by atoms with E-state index in [2.05, 4.69) is 97.1 Å². The van der Waals surface area contributed by atoms with Crippen LogP contribution in [0.5, 0.6) is 0 Å². The second-order valence-corrected chi connectivity index (χ2v) is 17.7. The van der Waals surface area contributed by atoms with Crippen molar-refractivity contribution >= 4 is 17.7 Å². The van der Waals surface area contributed by atoms with Crippen LogP contribution in [0.1, 0.15) is 93.3 Å². The zero-order valence-corrected chi connectivity index (χ0v) is 39.0. The Morgan fingerprint density at radius 1 is 0.455 bits per heavy atom. The smallest absolute Gasteiger partial charge is 0.378 e. The molecule has 0 saturated carbocycles. The molecule has 3 amide bonds. The van der Waals surface area contributed by atoms with Gasteiger partial charge in [0.2, 0.25) is 0 Å². The molecule has 3 fully saturated rings. The fourth-order valence-corrected chi connectivity index (χ4v) is 9.31. The van der Waals surface area contributed by atoms with E-state index in [4.69, 9.17) is 0 Å². The second-order valence-electron chi connectivity index (χ2n) is 17.7. The maximum Gasteiger partial charge on any atom is 1.00 e. The molecule has 6 aromatic carbocycles. The van der Waals surface area contributed by atoms with E-state index < -0.39 is 0 Å². The molecular weight excluding hydrogens is 813 g/mol. The molecule has 340 valence electrons. The Morgan fingerprint density at radius 2 is 0.803 bits per heavy atom. The summed E-state index contributed by atoms with van der Waals surface area (Å²) in [5.41, 5.74) is 7.62. The first-order chi connectivity index (χ1) is 31.4. The summed E-state index contributed by atoms with van der Waals surface area (Å²) in [4.78, 5) is 43.3. The molecule has 3 heterocycles. The molecule has 3 aliphatic rings. The van der Waals surface area contributed by atoms with Gasteiger partial charge in [0, 0.05) is 51.8 Å². The van der Waals surface area contributed by atoms with Gasteiger partial charge < -0.3 is 19.5 Å². The Kier molecular flexibility index (Phi) is 21.0. The second kappa shape index (κ2) is 27.0. The zero-order chi connectivity index (χ0) is 44.4. The normalized spacial score (nSPS) is 15.4. The number of carbonyl (C=O) groups excluding carboxylic acids is 3. The quantitative estimate of drug-likeness (QED) is 0.108. The topological polar surface area (TPSA) is 60.9 Å². The van der Waals surface area contributed by atoms with Crippen molar-refractivity contribution in [1.82, 2.24) is 14.7 Å². The molecule has 0 atom stereocenters. The number of nitrogens with zero attached hydrogens (tertiary/aromatic N) is 3. The van der Waals surface area contributed by atoms with E-state index >= 15 is 0 Å². The summed E-state index contributed by atoms with van der Waals surface area (Å²) in [5.74, 6) is 2.57. The minimum Gasteiger partial charge on any atom is -0.378 e. The monoisotopic (exact) mass is 882 g/mol. The number of amides is 3. The molecule has 3 saturated heterocycles. The third-order valence-electron chi connectivity index (χ3n) is 13.1. The van der Waals surface area contributed by atoms with E-state index in [-0.39, 0.29) is 42.7 Å². The van der Waals surface area contributed by atoms with Gasteiger partial charge in [-0.2, -0.15) is 0 Å². The Balaban J connectivity index is 0.000000215. The van der Waals surface area contributed by atoms with Gasteiger partial charge in [-0.05, 0) is 123 Å². The number of hydrogen-bond donors (Lipinski definition) is 0. The minimum atomic E-state index is 0. The summed E-state index contributed by atoms with van der Waals surface area (Å²) in [6, 6.07) is 59.9. The van der Waals surface area contributed by atoms with E-state index in [9.17, 15) is 14.4 Å². The molecule has 8 heteroatoms. The van der Waals surface area contributed by atoms with Crippen LogP contribution in [-0.4, -0.2) is 71.7 Å². The molecule has 0 spiro atoms. The zero-order valence-electron chi connectivity index (χ0n) is 39.0. The number of halogens is 1. The first-order valence-corrected chi connectivity index (χ1v) is 23.5. The van der Waals surface area contributed by atoms with Crippen molar-refractivity contribution in [2.24, 2.45) is 17.8 Å². The SMILES string of the molecule is Cc1ccccc1C(=O)N1CCC(Cc2ccccc2)CC1.F.O=C(c1[c-]cccc1)N1CCC(Cc2ccccc2)CC1.O=C(c1ccccc1)N1CCC(Cc2ccccc2)CC1.[3HH].[Li+]. The van der Waals surface area contributed by atoms with E-state index in [1.165, 1.54) is 16.7 Å². The molecule has 9 rings (SSSR count). The van der Waals surface area contributed by atoms with Crippen LogP contribution in [-0.2, 0) is 19.3 Å². The average molecular weight is 882 g/mol. The van der Waals surface area contributed by atoms with Crippen LogP contribution in [0.3, 0.4) is 0 Å². The van der Waals surface area contributed by atoms with Crippen LogP contribution in [0, 0.1) is 30.7 Å². The molecule has 0 bridgehead atoms. The third kappa shape index (κ3) is 15.4. The molecule has 6 nitrogen and oxygen atoms in total. The molecule has 0 radical (unpaired) electrons. The van der Waals surface area contributed by atoms with Gasteiger partial charge in [-0.3, -0.25) is 14.3 Å². The van der Waals surface area contributed by atoms with Gasteiger partial charge in [-0.25, -0.2) is 0 Å². The van der Waals surface area contributed by atoms with Gasteiger partial charge in [0.1, 0.15) is 0 Å². The van der Waals surface area contributed by atoms with Gasteiger partial charge in [-0.15, -0.1) is 30.3 Å². The number of rotatable bonds is 9. The molecule has 66 heavy (non-hydrogen) atoms. The molecule has 6 aromatic rings. The van der Waals surface area contributed by atoms with Crippen LogP contribution < -0.4 is 18.9 Å². The Hall–Kier alpha value is -5.74. The summed E-state index contributed by atoms with van der Waals surface area (Å²) in [5, 5.41) is 0. The maximum atomic E-state index is 12.6. The van der Waals surface area contributed by atoms with E-state index in [0.717, 1.165) is 114 Å². The van der Waals surface area contributed by atoms with Crippen LogP contribution in [0.25, 0.3) is 0 Å². The number of aryl methyl sites for hydroxylation is 1. The molecule has 0 aliphatic carbocycles. The number of piperidine rings is 3. The van der Waals surface area contributed by atoms with Crippen molar-refractivity contribution in [2.45, 2.75) is 64.7 Å². The van der Waals surface area contributed by atoms with E-state index in [1.807, 2.05) is 94.4 Å². The number of benzene rings is 6. The van der Waals surface area contributed by atoms with Crippen LogP contribution >= 0.6 is 0 Å². The number of hydrogen-bond acceptors (Lipinski definition) is 3. The van der Waals surface area contributed by atoms with Crippen molar-refractivity contribution in [3.8, 4) is 0 Å². The van der Waals surface area contributed by atoms with Crippen molar-refractivity contribution < 1.29 is 39.4 Å². The number of likely N-dealkylation sites (tertiary alicyclic amines) is 3. The molecular formula is C58H67FLiN3O3. The van der Waals surface area contributed by atoms with Gasteiger partial charge >= 0.3 is 18.9 Å². The van der Waals surface area contributed by atoms with Gasteiger partial charge in [0.05, 0.1) is 0 Å². The van der Waals surface area contributed by atoms with E-state index in [0.29, 0.717) is 23.3 Å². The van der Waals surface area contributed by atoms with Crippen molar-refractivity contribution in [1.29, 1.82) is 0 Å². The standard InChI is InChI=1S/C20H23NO.C19H21NO.C19H20NO.FH.Li.H2/c1-16-7-5-6-10-19(16)20(22)21-13-11-18(12-14-21)15-17-8-3-2-4-9-17;2*21-19(18-9-5-2-6-10-18)20-13-11-17(12-14-20)15-16-7-3-1-4-8-16;;;/h2-10,18H,11-15H2,1H3;1-10,17H,11-15H2;1-9,17H,11-15H2;1H;;1H/q;;-1;;+1;/i;;;;;1+2.